The quantitative estimate of drug-likeness (QED) is 0.554. The van der Waals surface area contributed by atoms with Crippen molar-refractivity contribution in [2.24, 2.45) is 15.7 Å². The van der Waals surface area contributed by atoms with E-state index < -0.39 is 0 Å². The second kappa shape index (κ2) is 11.6. The normalized spacial score (nSPS) is 10.6. The monoisotopic (exact) mass is 156 g/mol. The van der Waals surface area contributed by atoms with Crippen molar-refractivity contribution in [1.29, 1.82) is 0 Å². The number of nitrogens with zero attached hydrogens (tertiary/aromatic N) is 2. The second-order valence-electron chi connectivity index (χ2n) is 1.70. The highest BCUT2D eigenvalue weighted by Crippen LogP contribution is 1.76. The van der Waals surface area contributed by atoms with Gasteiger partial charge in [0.15, 0.2) is 0 Å². The standard InChI is InChI=1S/C5H9N3.C2H7N/c1-7-3-5(6)4-8-2;1-3-2/h3-4H,1,6H2,2H3;3H,1-2H3/b5-3+,8-4?;. The van der Waals surface area contributed by atoms with Crippen LogP contribution in [0.3, 0.4) is 0 Å². The van der Waals surface area contributed by atoms with Crippen LogP contribution in [0, 0.1) is 0 Å². The molecular weight excluding hydrogens is 140 g/mol. The molecule has 0 aromatic heterocycles. The van der Waals surface area contributed by atoms with Gasteiger partial charge in [-0.25, -0.2) is 0 Å². The van der Waals surface area contributed by atoms with Crippen LogP contribution in [0.25, 0.3) is 0 Å². The fourth-order valence-electron chi connectivity index (χ4n) is 0.288. The Morgan fingerprint density at radius 3 is 2.27 bits per heavy atom. The van der Waals surface area contributed by atoms with E-state index in [0.29, 0.717) is 5.70 Å². The van der Waals surface area contributed by atoms with Crippen molar-refractivity contribution in [2.75, 3.05) is 21.1 Å². The van der Waals surface area contributed by atoms with E-state index in [1.807, 2.05) is 14.1 Å². The molecule has 11 heavy (non-hydrogen) atoms. The van der Waals surface area contributed by atoms with Crippen LogP contribution >= 0.6 is 0 Å². The predicted octanol–water partition coefficient (Wildman–Crippen LogP) is 0.0233. The van der Waals surface area contributed by atoms with E-state index in [9.17, 15) is 0 Å². The lowest BCUT2D eigenvalue weighted by Gasteiger charge is -1.82. The van der Waals surface area contributed by atoms with E-state index in [1.165, 1.54) is 12.4 Å². The van der Waals surface area contributed by atoms with Gasteiger partial charge in [0.25, 0.3) is 0 Å². The third kappa shape index (κ3) is 17.7. The van der Waals surface area contributed by atoms with E-state index in [4.69, 9.17) is 5.73 Å². The van der Waals surface area contributed by atoms with E-state index in [0.717, 1.165) is 0 Å². The molecule has 4 heteroatoms. The third-order valence-electron chi connectivity index (χ3n) is 0.519. The zero-order chi connectivity index (χ0) is 9.11. The number of hydrogen-bond donors (Lipinski definition) is 2. The minimum absolute atomic E-state index is 0.516. The van der Waals surface area contributed by atoms with E-state index >= 15 is 0 Å². The van der Waals surface area contributed by atoms with Crippen molar-refractivity contribution in [2.45, 2.75) is 0 Å². The molecule has 0 rings (SSSR count). The van der Waals surface area contributed by atoms with E-state index in [-0.39, 0.29) is 0 Å². The van der Waals surface area contributed by atoms with Crippen LogP contribution in [0.5, 0.6) is 0 Å². The van der Waals surface area contributed by atoms with Gasteiger partial charge in [-0.3, -0.25) is 9.98 Å². The molecule has 0 saturated heterocycles. The number of nitrogens with two attached hydrogens (primary N) is 1. The number of hydrogen-bond acceptors (Lipinski definition) is 4. The Hall–Kier alpha value is -1.16. The zero-order valence-corrected chi connectivity index (χ0v) is 7.33. The molecule has 0 aromatic carbocycles. The van der Waals surface area contributed by atoms with Gasteiger partial charge in [-0.05, 0) is 20.8 Å². The topological polar surface area (TPSA) is 62.8 Å². The average Bonchev–Trinajstić information content (AvgIpc) is 1.90. The molecule has 3 N–H and O–H groups in total. The highest BCUT2D eigenvalue weighted by Gasteiger charge is 1.74. The number of nitrogens with one attached hydrogen (secondary N) is 1. The summed E-state index contributed by atoms with van der Waals surface area (Å²) in [5.41, 5.74) is 5.79. The van der Waals surface area contributed by atoms with Crippen molar-refractivity contribution < 1.29 is 0 Å². The molecule has 0 aliphatic carbocycles. The van der Waals surface area contributed by atoms with Gasteiger partial charge in [0.05, 0.1) is 11.9 Å². The Kier molecular flexibility index (Phi) is 13.2. The molecule has 0 aliphatic heterocycles. The molecule has 4 nitrogen and oxygen atoms in total. The highest BCUT2D eigenvalue weighted by atomic mass is 14.7. The molecule has 0 aliphatic rings. The van der Waals surface area contributed by atoms with Gasteiger partial charge in [-0.1, -0.05) is 0 Å². The first-order valence-electron chi connectivity index (χ1n) is 3.15. The lowest BCUT2D eigenvalue weighted by atomic mass is 10.5. The van der Waals surface area contributed by atoms with E-state index in [2.05, 4.69) is 22.0 Å². The summed E-state index contributed by atoms with van der Waals surface area (Å²) in [6, 6.07) is 0. The summed E-state index contributed by atoms with van der Waals surface area (Å²) in [5, 5.41) is 2.75. The molecule has 0 amide bonds. The lowest BCUT2D eigenvalue weighted by Crippen LogP contribution is -1.96. The smallest absolute Gasteiger partial charge is 0.0681 e. The van der Waals surface area contributed by atoms with Crippen LogP contribution in [0.1, 0.15) is 0 Å². The number of rotatable bonds is 2. The summed E-state index contributed by atoms with van der Waals surface area (Å²) in [6.07, 6.45) is 2.95. The Morgan fingerprint density at radius 2 is 2.00 bits per heavy atom. The molecular formula is C7H16N4. The first-order chi connectivity index (χ1) is 5.22. The third-order valence-corrected chi connectivity index (χ3v) is 0.519. The van der Waals surface area contributed by atoms with E-state index in [1.54, 1.807) is 7.05 Å². The van der Waals surface area contributed by atoms with Crippen molar-refractivity contribution in [3.05, 3.63) is 11.9 Å². The van der Waals surface area contributed by atoms with Gasteiger partial charge in [0.1, 0.15) is 0 Å². The first-order valence-corrected chi connectivity index (χ1v) is 3.15. The minimum Gasteiger partial charge on any atom is -0.396 e. The SMILES string of the molecule is C=N/C=C(/N)C=NC.CNC. The molecule has 0 heterocycles. The Morgan fingerprint density at radius 1 is 1.55 bits per heavy atom. The predicted molar refractivity (Wildman–Crippen MR) is 51.2 cm³/mol. The average molecular weight is 156 g/mol. The van der Waals surface area contributed by atoms with Crippen molar-refractivity contribution >= 4 is 12.9 Å². The summed E-state index contributed by atoms with van der Waals surface area (Å²) in [4.78, 5) is 7.07. The van der Waals surface area contributed by atoms with Crippen molar-refractivity contribution in [3.63, 3.8) is 0 Å². The molecule has 0 aromatic rings. The maximum absolute atomic E-state index is 5.27. The summed E-state index contributed by atoms with van der Waals surface area (Å²) in [7, 11) is 5.39. The molecule has 0 saturated carbocycles. The van der Waals surface area contributed by atoms with Crippen LogP contribution < -0.4 is 11.1 Å². The van der Waals surface area contributed by atoms with Gasteiger partial charge >= 0.3 is 0 Å². The van der Waals surface area contributed by atoms with Gasteiger partial charge in [-0.2, -0.15) is 0 Å². The molecule has 0 bridgehead atoms. The van der Waals surface area contributed by atoms with Crippen LogP contribution in [0.4, 0.5) is 0 Å². The maximum atomic E-state index is 5.27. The first kappa shape index (κ1) is 12.5. The summed E-state index contributed by atoms with van der Waals surface area (Å²) < 4.78 is 0. The minimum atomic E-state index is 0.516. The zero-order valence-electron chi connectivity index (χ0n) is 7.33. The Balaban J connectivity index is 0. The highest BCUT2D eigenvalue weighted by molar-refractivity contribution is 5.76. The summed E-state index contributed by atoms with van der Waals surface area (Å²) >= 11 is 0. The van der Waals surface area contributed by atoms with Gasteiger partial charge in [-0.15, -0.1) is 0 Å². The van der Waals surface area contributed by atoms with Gasteiger partial charge < -0.3 is 11.1 Å². The van der Waals surface area contributed by atoms with Crippen LogP contribution in [-0.4, -0.2) is 34.1 Å². The van der Waals surface area contributed by atoms with Crippen LogP contribution in [0.2, 0.25) is 0 Å². The van der Waals surface area contributed by atoms with Crippen molar-refractivity contribution in [3.8, 4) is 0 Å². The number of aliphatic imine (C=N–C) groups is 2. The Bertz CT molecular complexity index is 137. The molecule has 0 radical (unpaired) electrons. The van der Waals surface area contributed by atoms with Crippen LogP contribution in [-0.2, 0) is 0 Å². The van der Waals surface area contributed by atoms with Crippen molar-refractivity contribution in [1.82, 2.24) is 5.32 Å². The second-order valence-corrected chi connectivity index (χ2v) is 1.70. The summed E-state index contributed by atoms with van der Waals surface area (Å²) in [5.74, 6) is 0. The molecule has 0 spiro atoms. The molecule has 0 unspecified atom stereocenters. The molecule has 0 atom stereocenters. The molecule has 0 fully saturated rings. The fraction of sp³-hybridized carbons (Fsp3) is 0.429. The maximum Gasteiger partial charge on any atom is 0.0681 e. The van der Waals surface area contributed by atoms with Gasteiger partial charge in [0.2, 0.25) is 0 Å². The summed E-state index contributed by atoms with van der Waals surface area (Å²) in [6.45, 7) is 3.21. The number of allylic oxidation sites excluding steroid dienone is 1. The van der Waals surface area contributed by atoms with Crippen LogP contribution in [0.15, 0.2) is 21.9 Å². The van der Waals surface area contributed by atoms with Gasteiger partial charge in [0, 0.05) is 13.3 Å². The Labute approximate surface area is 67.9 Å². The fourth-order valence-corrected chi connectivity index (χ4v) is 0.288. The lowest BCUT2D eigenvalue weighted by molar-refractivity contribution is 1.02. The molecule has 64 valence electrons. The largest absolute Gasteiger partial charge is 0.396 e.